The van der Waals surface area contributed by atoms with Gasteiger partial charge in [0.15, 0.2) is 0 Å². The second kappa shape index (κ2) is 4.10. The first-order valence-corrected chi connectivity index (χ1v) is 3.59. The zero-order chi connectivity index (χ0) is 8.10. The van der Waals surface area contributed by atoms with Crippen LogP contribution >= 0.6 is 0 Å². The molecule has 1 aromatic heterocycles. The molecule has 0 saturated heterocycles. The minimum absolute atomic E-state index is 0.329. The van der Waals surface area contributed by atoms with Crippen LogP contribution in [0.2, 0.25) is 0 Å². The molecule has 1 aromatic rings. The zero-order valence-corrected chi connectivity index (χ0v) is 6.45. The van der Waals surface area contributed by atoms with E-state index in [4.69, 9.17) is 4.74 Å². The Hall–Kier alpha value is -0.870. The number of H-pyrrole nitrogens is 1. The van der Waals surface area contributed by atoms with Crippen LogP contribution in [0.1, 0.15) is 18.6 Å². The van der Waals surface area contributed by atoms with Crippen LogP contribution in [0.3, 0.4) is 0 Å². The summed E-state index contributed by atoms with van der Waals surface area (Å²) in [6.07, 6.45) is 2.68. The summed E-state index contributed by atoms with van der Waals surface area (Å²) in [7, 11) is 0. The second-order valence-electron chi connectivity index (χ2n) is 2.21. The fourth-order valence-electron chi connectivity index (χ4n) is 0.769. The van der Waals surface area contributed by atoms with Crippen molar-refractivity contribution in [2.24, 2.45) is 0 Å². The van der Waals surface area contributed by atoms with Gasteiger partial charge in [0.2, 0.25) is 0 Å². The molecule has 62 valence electrons. The van der Waals surface area contributed by atoms with E-state index in [1.54, 1.807) is 12.4 Å². The Morgan fingerprint density at radius 2 is 2.64 bits per heavy atom. The Kier molecular flexibility index (Phi) is 3.07. The summed E-state index contributed by atoms with van der Waals surface area (Å²) in [5.74, 6) is 0. The molecule has 0 aliphatic carbocycles. The van der Waals surface area contributed by atoms with E-state index in [2.05, 4.69) is 10.2 Å². The highest BCUT2D eigenvalue weighted by molar-refractivity contribution is 5.06. The van der Waals surface area contributed by atoms with Crippen LogP contribution < -0.4 is 0 Å². The Morgan fingerprint density at radius 3 is 3.18 bits per heavy atom. The molecule has 0 aliphatic rings. The molecule has 1 rings (SSSR count). The molecule has 0 amide bonds. The molecule has 2 N–H and O–H groups in total. The van der Waals surface area contributed by atoms with Gasteiger partial charge in [0, 0.05) is 18.4 Å². The largest absolute Gasteiger partial charge is 0.386 e. The second-order valence-corrected chi connectivity index (χ2v) is 2.21. The quantitative estimate of drug-likeness (QED) is 0.666. The van der Waals surface area contributed by atoms with Crippen molar-refractivity contribution in [3.05, 3.63) is 18.0 Å². The fraction of sp³-hybridized carbons (Fsp3) is 0.571. The minimum Gasteiger partial charge on any atom is -0.386 e. The van der Waals surface area contributed by atoms with E-state index in [9.17, 15) is 5.11 Å². The van der Waals surface area contributed by atoms with Crippen molar-refractivity contribution in [1.82, 2.24) is 10.2 Å². The van der Waals surface area contributed by atoms with Crippen molar-refractivity contribution in [2.45, 2.75) is 13.0 Å². The number of aliphatic hydroxyl groups is 1. The van der Waals surface area contributed by atoms with Gasteiger partial charge in [-0.1, -0.05) is 0 Å². The molecule has 0 bridgehead atoms. The maximum Gasteiger partial charge on any atom is 0.105 e. The molecule has 0 radical (unpaired) electrons. The molecule has 4 heteroatoms. The molecular weight excluding hydrogens is 144 g/mol. The first kappa shape index (κ1) is 8.23. The van der Waals surface area contributed by atoms with E-state index in [0.717, 1.165) is 5.56 Å². The van der Waals surface area contributed by atoms with E-state index in [0.29, 0.717) is 13.2 Å². The summed E-state index contributed by atoms with van der Waals surface area (Å²) < 4.78 is 5.03. The van der Waals surface area contributed by atoms with Gasteiger partial charge in [0.05, 0.1) is 12.8 Å². The van der Waals surface area contributed by atoms with Crippen molar-refractivity contribution in [3.63, 3.8) is 0 Å². The lowest BCUT2D eigenvalue weighted by atomic mass is 10.2. The summed E-state index contributed by atoms with van der Waals surface area (Å²) in [5.41, 5.74) is 0.762. The van der Waals surface area contributed by atoms with Crippen molar-refractivity contribution in [3.8, 4) is 0 Å². The number of aromatic nitrogens is 2. The number of aliphatic hydroxyl groups excluding tert-OH is 1. The van der Waals surface area contributed by atoms with Gasteiger partial charge in [0.25, 0.3) is 0 Å². The van der Waals surface area contributed by atoms with Crippen LogP contribution in [0, 0.1) is 0 Å². The third-order valence-corrected chi connectivity index (χ3v) is 1.38. The average molecular weight is 156 g/mol. The normalized spacial score (nSPS) is 13.3. The molecule has 0 saturated carbocycles. The molecule has 11 heavy (non-hydrogen) atoms. The molecular formula is C7H12N2O2. The van der Waals surface area contributed by atoms with Gasteiger partial charge < -0.3 is 9.84 Å². The van der Waals surface area contributed by atoms with Crippen LogP contribution in [-0.4, -0.2) is 28.5 Å². The van der Waals surface area contributed by atoms with Gasteiger partial charge in [-0.05, 0) is 6.92 Å². The number of ether oxygens (including phenoxy) is 1. The highest BCUT2D eigenvalue weighted by atomic mass is 16.5. The van der Waals surface area contributed by atoms with Gasteiger partial charge in [-0.3, -0.25) is 5.10 Å². The molecule has 4 nitrogen and oxygen atoms in total. The lowest BCUT2D eigenvalue weighted by Crippen LogP contribution is -2.05. The number of hydrogen-bond donors (Lipinski definition) is 2. The van der Waals surface area contributed by atoms with Crippen LogP contribution in [0.4, 0.5) is 0 Å². The van der Waals surface area contributed by atoms with Gasteiger partial charge in [0.1, 0.15) is 6.10 Å². The monoisotopic (exact) mass is 156 g/mol. The number of nitrogens with one attached hydrogen (secondary N) is 1. The SMILES string of the molecule is CCOCC(O)c1cn[nH]c1. The molecule has 0 spiro atoms. The molecule has 1 heterocycles. The van der Waals surface area contributed by atoms with Crippen molar-refractivity contribution in [2.75, 3.05) is 13.2 Å². The van der Waals surface area contributed by atoms with Crippen molar-refractivity contribution in [1.29, 1.82) is 0 Å². The Morgan fingerprint density at radius 1 is 1.82 bits per heavy atom. The molecule has 1 atom stereocenters. The number of rotatable bonds is 4. The fourth-order valence-corrected chi connectivity index (χ4v) is 0.769. The van der Waals surface area contributed by atoms with Gasteiger partial charge in [-0.25, -0.2) is 0 Å². The van der Waals surface area contributed by atoms with E-state index in [1.807, 2.05) is 6.92 Å². The highest BCUT2D eigenvalue weighted by Crippen LogP contribution is 2.09. The van der Waals surface area contributed by atoms with E-state index in [1.165, 1.54) is 0 Å². The van der Waals surface area contributed by atoms with Crippen molar-refractivity contribution >= 4 is 0 Å². The lowest BCUT2D eigenvalue weighted by molar-refractivity contribution is 0.0420. The number of aromatic amines is 1. The van der Waals surface area contributed by atoms with Crippen LogP contribution in [0.15, 0.2) is 12.4 Å². The smallest absolute Gasteiger partial charge is 0.105 e. The summed E-state index contributed by atoms with van der Waals surface area (Å²) >= 11 is 0. The maximum atomic E-state index is 9.36. The van der Waals surface area contributed by atoms with Crippen LogP contribution in [0.5, 0.6) is 0 Å². The van der Waals surface area contributed by atoms with E-state index in [-0.39, 0.29) is 0 Å². The zero-order valence-electron chi connectivity index (χ0n) is 6.45. The summed E-state index contributed by atoms with van der Waals surface area (Å²) in [5, 5.41) is 15.7. The van der Waals surface area contributed by atoms with E-state index >= 15 is 0 Å². The third-order valence-electron chi connectivity index (χ3n) is 1.38. The summed E-state index contributed by atoms with van der Waals surface area (Å²) in [4.78, 5) is 0. The third kappa shape index (κ3) is 2.32. The standard InChI is InChI=1S/C7H12N2O2/c1-2-11-5-7(10)6-3-8-9-4-6/h3-4,7,10H,2,5H2,1H3,(H,8,9). The van der Waals surface area contributed by atoms with Crippen molar-refractivity contribution < 1.29 is 9.84 Å². The van der Waals surface area contributed by atoms with Gasteiger partial charge >= 0.3 is 0 Å². The minimum atomic E-state index is -0.561. The van der Waals surface area contributed by atoms with Crippen LogP contribution in [0.25, 0.3) is 0 Å². The Labute approximate surface area is 65.2 Å². The predicted molar refractivity (Wildman–Crippen MR) is 40.0 cm³/mol. The van der Waals surface area contributed by atoms with Crippen LogP contribution in [-0.2, 0) is 4.74 Å². The Bertz CT molecular complexity index is 186. The first-order valence-electron chi connectivity index (χ1n) is 3.59. The molecule has 0 aromatic carbocycles. The number of nitrogens with zero attached hydrogens (tertiary/aromatic N) is 1. The number of hydrogen-bond acceptors (Lipinski definition) is 3. The molecule has 1 unspecified atom stereocenters. The average Bonchev–Trinajstić information content (AvgIpc) is 2.52. The highest BCUT2D eigenvalue weighted by Gasteiger charge is 2.06. The Balaban J connectivity index is 2.36. The van der Waals surface area contributed by atoms with Gasteiger partial charge in [-0.15, -0.1) is 0 Å². The first-order chi connectivity index (χ1) is 5.34. The topological polar surface area (TPSA) is 58.1 Å². The van der Waals surface area contributed by atoms with Gasteiger partial charge in [-0.2, -0.15) is 5.10 Å². The maximum absolute atomic E-state index is 9.36. The predicted octanol–water partition coefficient (Wildman–Crippen LogP) is 0.480. The molecule has 0 fully saturated rings. The van der Waals surface area contributed by atoms with E-state index < -0.39 is 6.10 Å². The lowest BCUT2D eigenvalue weighted by Gasteiger charge is -2.06. The summed E-state index contributed by atoms with van der Waals surface area (Å²) in [6, 6.07) is 0. The summed E-state index contributed by atoms with van der Waals surface area (Å²) in [6.45, 7) is 2.84. The molecule has 0 aliphatic heterocycles.